The van der Waals surface area contributed by atoms with Crippen molar-refractivity contribution in [3.05, 3.63) is 188 Å². The van der Waals surface area contributed by atoms with Gasteiger partial charge in [0.1, 0.15) is 11.2 Å². The smallest absolute Gasteiger partial charge is 0.137 e. The third-order valence-corrected chi connectivity index (χ3v) is 10.0. The quantitative estimate of drug-likeness (QED) is 0.175. The van der Waals surface area contributed by atoms with Gasteiger partial charge in [-0.05, 0) is 97.0 Å². The lowest BCUT2D eigenvalue weighted by Gasteiger charge is -2.28. The van der Waals surface area contributed by atoms with Gasteiger partial charge in [0.25, 0.3) is 0 Å². The summed E-state index contributed by atoms with van der Waals surface area (Å²) in [4.78, 5) is 2.41. The average Bonchev–Trinajstić information content (AvgIpc) is 3.57. The summed E-state index contributed by atoms with van der Waals surface area (Å²) in [6.07, 6.45) is 0. The fourth-order valence-electron chi connectivity index (χ4n) is 7.81. The van der Waals surface area contributed by atoms with Crippen LogP contribution in [0.3, 0.4) is 0 Å². The van der Waals surface area contributed by atoms with E-state index in [1.807, 2.05) is 6.07 Å². The second-order valence-corrected chi connectivity index (χ2v) is 12.9. The van der Waals surface area contributed by atoms with Crippen LogP contribution >= 0.6 is 0 Å². The molecule has 0 atom stereocenters. The molecule has 0 saturated carbocycles. The van der Waals surface area contributed by atoms with Crippen LogP contribution < -0.4 is 4.90 Å². The minimum atomic E-state index is 0.873. The van der Waals surface area contributed by atoms with Crippen molar-refractivity contribution in [3.8, 4) is 22.3 Å². The first kappa shape index (κ1) is 28.4. The minimum absolute atomic E-state index is 0.873. The van der Waals surface area contributed by atoms with Crippen molar-refractivity contribution in [2.75, 3.05) is 4.90 Å². The Balaban J connectivity index is 1.33. The van der Waals surface area contributed by atoms with Gasteiger partial charge >= 0.3 is 0 Å². The molecule has 0 bridgehead atoms. The van der Waals surface area contributed by atoms with E-state index in [1.54, 1.807) is 0 Å². The Bertz CT molecular complexity index is 2870. The Morgan fingerprint density at radius 2 is 0.900 bits per heavy atom. The molecule has 0 radical (unpaired) electrons. The van der Waals surface area contributed by atoms with Crippen LogP contribution in [0.1, 0.15) is 0 Å². The molecule has 9 aromatic carbocycles. The topological polar surface area (TPSA) is 16.4 Å². The largest absolute Gasteiger partial charge is 0.456 e. The van der Waals surface area contributed by atoms with Gasteiger partial charge in [-0.25, -0.2) is 0 Å². The number of benzene rings is 9. The molecule has 10 aromatic rings. The fraction of sp³-hybridized carbons (Fsp3) is 0. The van der Waals surface area contributed by atoms with E-state index in [0.29, 0.717) is 0 Å². The van der Waals surface area contributed by atoms with Crippen molar-refractivity contribution < 1.29 is 4.42 Å². The molecule has 10 rings (SSSR count). The molecular weight excluding hydrogens is 607 g/mol. The highest BCUT2D eigenvalue weighted by Crippen LogP contribution is 2.48. The molecular formula is C48H31NO. The van der Waals surface area contributed by atoms with E-state index in [2.05, 4.69) is 187 Å². The highest BCUT2D eigenvalue weighted by Gasteiger charge is 2.22. The number of rotatable bonds is 5. The molecule has 0 unspecified atom stereocenters. The Morgan fingerprint density at radius 3 is 1.68 bits per heavy atom. The summed E-state index contributed by atoms with van der Waals surface area (Å²) in [7, 11) is 0. The second-order valence-electron chi connectivity index (χ2n) is 12.9. The molecule has 1 aromatic heterocycles. The van der Waals surface area contributed by atoms with Crippen LogP contribution in [0.15, 0.2) is 192 Å². The highest BCUT2D eigenvalue weighted by atomic mass is 16.3. The van der Waals surface area contributed by atoms with Crippen molar-refractivity contribution in [2.45, 2.75) is 0 Å². The number of para-hydroxylation sites is 1. The lowest BCUT2D eigenvalue weighted by molar-refractivity contribution is 0.669. The zero-order valence-corrected chi connectivity index (χ0v) is 27.3. The maximum absolute atomic E-state index is 6.42. The Kier molecular flexibility index (Phi) is 6.53. The third-order valence-electron chi connectivity index (χ3n) is 10.0. The molecule has 2 nitrogen and oxygen atoms in total. The summed E-state index contributed by atoms with van der Waals surface area (Å²) in [5.41, 5.74) is 9.89. The Morgan fingerprint density at radius 1 is 0.340 bits per heavy atom. The van der Waals surface area contributed by atoms with Crippen LogP contribution in [0.4, 0.5) is 17.1 Å². The summed E-state index contributed by atoms with van der Waals surface area (Å²) in [5, 5.41) is 9.55. The van der Waals surface area contributed by atoms with E-state index < -0.39 is 0 Å². The van der Waals surface area contributed by atoms with Crippen LogP contribution in [0, 0.1) is 0 Å². The normalized spacial score (nSPS) is 11.6. The molecule has 0 fully saturated rings. The molecule has 0 saturated heterocycles. The van der Waals surface area contributed by atoms with Gasteiger partial charge in [-0.3, -0.25) is 0 Å². The fourth-order valence-corrected chi connectivity index (χ4v) is 7.81. The number of hydrogen-bond acceptors (Lipinski definition) is 2. The van der Waals surface area contributed by atoms with Crippen LogP contribution in [0.25, 0.3) is 76.5 Å². The molecule has 234 valence electrons. The zero-order valence-electron chi connectivity index (χ0n) is 27.3. The summed E-state index contributed by atoms with van der Waals surface area (Å²) >= 11 is 0. The first-order valence-corrected chi connectivity index (χ1v) is 17.1. The van der Waals surface area contributed by atoms with Gasteiger partial charge in [0.15, 0.2) is 0 Å². The number of furan rings is 1. The Labute approximate surface area is 290 Å². The first-order valence-electron chi connectivity index (χ1n) is 17.1. The van der Waals surface area contributed by atoms with Crippen molar-refractivity contribution in [1.29, 1.82) is 0 Å². The molecule has 50 heavy (non-hydrogen) atoms. The van der Waals surface area contributed by atoms with Gasteiger partial charge in [-0.15, -0.1) is 0 Å². The highest BCUT2D eigenvalue weighted by molar-refractivity contribution is 6.22. The zero-order chi connectivity index (χ0) is 33.0. The van der Waals surface area contributed by atoms with E-state index in [-0.39, 0.29) is 0 Å². The molecule has 0 aliphatic heterocycles. The van der Waals surface area contributed by atoms with E-state index in [4.69, 9.17) is 4.42 Å². The first-order chi connectivity index (χ1) is 24.8. The summed E-state index contributed by atoms with van der Waals surface area (Å²) in [6, 6.07) is 67.6. The van der Waals surface area contributed by atoms with E-state index in [1.165, 1.54) is 54.6 Å². The Hall–Kier alpha value is -6.64. The van der Waals surface area contributed by atoms with Gasteiger partial charge in [0, 0.05) is 16.8 Å². The monoisotopic (exact) mass is 637 g/mol. The van der Waals surface area contributed by atoms with Crippen LogP contribution in [0.5, 0.6) is 0 Å². The number of hydrogen-bond donors (Lipinski definition) is 0. The average molecular weight is 638 g/mol. The predicted molar refractivity (Wildman–Crippen MR) is 212 cm³/mol. The second kappa shape index (κ2) is 11.5. The van der Waals surface area contributed by atoms with Crippen LogP contribution in [-0.2, 0) is 0 Å². The number of anilines is 3. The predicted octanol–water partition coefficient (Wildman–Crippen LogP) is 13.8. The van der Waals surface area contributed by atoms with Gasteiger partial charge in [0.05, 0.1) is 11.1 Å². The molecule has 0 spiro atoms. The number of nitrogens with zero attached hydrogens (tertiary/aromatic N) is 1. The van der Waals surface area contributed by atoms with Gasteiger partial charge in [0.2, 0.25) is 0 Å². The lowest BCUT2D eigenvalue weighted by Crippen LogP contribution is -2.10. The SMILES string of the molecule is c1ccc(-c2c(-c3ccccc3)c3cc(N(c4ccc5ccccc5c4)c4cccc5oc6ccccc6c45)ccc3c3ccccc23)cc1. The van der Waals surface area contributed by atoms with Crippen molar-refractivity contribution >= 4 is 71.3 Å². The maximum atomic E-state index is 6.42. The van der Waals surface area contributed by atoms with Gasteiger partial charge in [-0.1, -0.05) is 146 Å². The third kappa shape index (κ3) is 4.50. The molecule has 0 N–H and O–H groups in total. The summed E-state index contributed by atoms with van der Waals surface area (Å²) < 4.78 is 6.42. The number of fused-ring (bicyclic) bond motifs is 7. The van der Waals surface area contributed by atoms with Crippen molar-refractivity contribution in [3.63, 3.8) is 0 Å². The van der Waals surface area contributed by atoms with Crippen LogP contribution in [0.2, 0.25) is 0 Å². The molecule has 0 amide bonds. The lowest BCUT2D eigenvalue weighted by atomic mass is 9.85. The minimum Gasteiger partial charge on any atom is -0.456 e. The molecule has 1 heterocycles. The molecule has 0 aliphatic rings. The van der Waals surface area contributed by atoms with E-state index >= 15 is 0 Å². The van der Waals surface area contributed by atoms with Gasteiger partial charge in [-0.2, -0.15) is 0 Å². The summed E-state index contributed by atoms with van der Waals surface area (Å²) in [6.45, 7) is 0. The van der Waals surface area contributed by atoms with E-state index in [0.717, 1.165) is 39.0 Å². The van der Waals surface area contributed by atoms with E-state index in [9.17, 15) is 0 Å². The molecule has 0 aliphatic carbocycles. The maximum Gasteiger partial charge on any atom is 0.137 e. The van der Waals surface area contributed by atoms with Crippen LogP contribution in [-0.4, -0.2) is 0 Å². The van der Waals surface area contributed by atoms with Crippen molar-refractivity contribution in [2.24, 2.45) is 0 Å². The van der Waals surface area contributed by atoms with Gasteiger partial charge < -0.3 is 9.32 Å². The standard InChI is InChI=1S/C48H31NO/c1-3-15-33(16-4-1)46-40-21-10-9-20-38(40)39-29-28-37(31-42(39)47(46)34-17-5-2-6-18-34)49(36-27-26-32-14-7-8-19-35(32)30-36)43-23-13-25-45-48(43)41-22-11-12-24-44(41)50-45/h1-31H. The molecule has 2 heteroatoms. The summed E-state index contributed by atoms with van der Waals surface area (Å²) in [5.74, 6) is 0. The van der Waals surface area contributed by atoms with Crippen molar-refractivity contribution in [1.82, 2.24) is 0 Å².